The van der Waals surface area contributed by atoms with Gasteiger partial charge < -0.3 is 19.3 Å². The van der Waals surface area contributed by atoms with Gasteiger partial charge in [0.25, 0.3) is 0 Å². The van der Waals surface area contributed by atoms with Gasteiger partial charge in [-0.05, 0) is 70.5 Å². The number of hydrogen-bond acceptors (Lipinski definition) is 7. The molecule has 0 spiro atoms. The van der Waals surface area contributed by atoms with Gasteiger partial charge in [-0.15, -0.1) is 0 Å². The molecule has 0 aliphatic carbocycles. The van der Waals surface area contributed by atoms with E-state index in [0.717, 1.165) is 42.6 Å². The molecule has 0 saturated carbocycles. The number of nitrogens with one attached hydrogen (secondary N) is 1. The number of amides is 1. The van der Waals surface area contributed by atoms with Crippen LogP contribution in [-0.2, 0) is 17.9 Å². The van der Waals surface area contributed by atoms with Crippen molar-refractivity contribution in [2.75, 3.05) is 20.2 Å². The third-order valence-electron chi connectivity index (χ3n) is 6.12. The van der Waals surface area contributed by atoms with Gasteiger partial charge in [-0.1, -0.05) is 35.0 Å². The molecule has 1 N–H and O–H groups in total. The second kappa shape index (κ2) is 11.4. The first-order valence-electron chi connectivity index (χ1n) is 12.1. The monoisotopic (exact) mass is 478 g/mol. The first-order valence-corrected chi connectivity index (χ1v) is 12.1. The Morgan fingerprint density at radius 1 is 1.17 bits per heavy atom. The van der Waals surface area contributed by atoms with Crippen molar-refractivity contribution in [1.29, 1.82) is 0 Å². The summed E-state index contributed by atoms with van der Waals surface area (Å²) in [5.41, 5.74) is 3.09. The van der Waals surface area contributed by atoms with Crippen molar-refractivity contribution >= 4 is 5.91 Å². The second-order valence-corrected chi connectivity index (χ2v) is 9.30. The fraction of sp³-hybridized carbons (Fsp3) is 0.444. The predicted molar refractivity (Wildman–Crippen MR) is 133 cm³/mol. The average Bonchev–Trinajstić information content (AvgIpc) is 3.32. The molecule has 1 amide bonds. The van der Waals surface area contributed by atoms with Gasteiger partial charge in [-0.25, -0.2) is 0 Å². The van der Waals surface area contributed by atoms with Crippen LogP contribution in [-0.4, -0.2) is 47.3 Å². The molecular weight excluding hydrogens is 444 g/mol. The molecular formula is C27H34N4O4. The summed E-state index contributed by atoms with van der Waals surface area (Å²) >= 11 is 0. The summed E-state index contributed by atoms with van der Waals surface area (Å²) in [6.45, 7) is 8.68. The Balaban J connectivity index is 1.24. The largest absolute Gasteiger partial charge is 0.493 e. The number of hydrogen-bond donors (Lipinski definition) is 1. The second-order valence-electron chi connectivity index (χ2n) is 9.30. The van der Waals surface area contributed by atoms with Gasteiger partial charge in [0.05, 0.1) is 19.8 Å². The van der Waals surface area contributed by atoms with Crippen LogP contribution in [0.3, 0.4) is 0 Å². The number of piperidine rings is 1. The highest BCUT2D eigenvalue weighted by Gasteiger charge is 2.26. The van der Waals surface area contributed by atoms with Crippen LogP contribution in [0.2, 0.25) is 0 Å². The molecule has 3 aromatic rings. The lowest BCUT2D eigenvalue weighted by atomic mass is 9.96. The third-order valence-corrected chi connectivity index (χ3v) is 6.12. The molecule has 0 unspecified atom stereocenters. The summed E-state index contributed by atoms with van der Waals surface area (Å²) in [5.74, 6) is 2.68. The minimum atomic E-state index is 0.00207. The van der Waals surface area contributed by atoms with Gasteiger partial charge in [-0.2, -0.15) is 4.98 Å². The van der Waals surface area contributed by atoms with E-state index < -0.39 is 0 Å². The Kier molecular flexibility index (Phi) is 8.02. The van der Waals surface area contributed by atoms with Gasteiger partial charge in [0, 0.05) is 18.0 Å². The van der Waals surface area contributed by atoms with Gasteiger partial charge >= 0.3 is 0 Å². The minimum Gasteiger partial charge on any atom is -0.493 e. The predicted octanol–water partition coefficient (Wildman–Crippen LogP) is 4.37. The van der Waals surface area contributed by atoms with Crippen molar-refractivity contribution in [2.45, 2.75) is 52.8 Å². The summed E-state index contributed by atoms with van der Waals surface area (Å²) in [5, 5.41) is 7.20. The maximum Gasteiger partial charge on any atom is 0.241 e. The van der Waals surface area contributed by atoms with E-state index in [2.05, 4.69) is 20.4 Å². The highest BCUT2D eigenvalue weighted by molar-refractivity contribution is 5.78. The molecule has 35 heavy (non-hydrogen) atoms. The van der Waals surface area contributed by atoms with Crippen LogP contribution >= 0.6 is 0 Å². The summed E-state index contributed by atoms with van der Waals surface area (Å²) in [7, 11) is 1.62. The number of aryl methyl sites for hydroxylation is 1. The topological polar surface area (TPSA) is 89.7 Å². The van der Waals surface area contributed by atoms with E-state index >= 15 is 0 Å². The molecule has 1 fully saturated rings. The number of aromatic nitrogens is 2. The van der Waals surface area contributed by atoms with Crippen molar-refractivity contribution < 1.29 is 18.8 Å². The molecule has 186 valence electrons. The fourth-order valence-electron chi connectivity index (χ4n) is 4.27. The number of methoxy groups -OCH3 is 1. The van der Waals surface area contributed by atoms with Crippen molar-refractivity contribution in [3.05, 3.63) is 59.5 Å². The summed E-state index contributed by atoms with van der Waals surface area (Å²) < 4.78 is 16.7. The van der Waals surface area contributed by atoms with E-state index in [1.54, 1.807) is 7.11 Å². The third kappa shape index (κ3) is 6.60. The Hall–Kier alpha value is -3.39. The van der Waals surface area contributed by atoms with Crippen molar-refractivity contribution in [3.8, 4) is 22.9 Å². The Morgan fingerprint density at radius 2 is 1.97 bits per heavy atom. The maximum atomic E-state index is 12.8. The van der Waals surface area contributed by atoms with Gasteiger partial charge in [0.15, 0.2) is 11.5 Å². The highest BCUT2D eigenvalue weighted by Crippen LogP contribution is 2.29. The number of carbonyl (C=O) groups excluding carboxylic acids is 1. The Morgan fingerprint density at radius 3 is 2.69 bits per heavy atom. The molecule has 0 radical (unpaired) electrons. The molecule has 8 heteroatoms. The van der Waals surface area contributed by atoms with Crippen LogP contribution in [0.25, 0.3) is 11.4 Å². The van der Waals surface area contributed by atoms with Gasteiger partial charge in [-0.3, -0.25) is 9.69 Å². The number of ether oxygens (including phenoxy) is 2. The lowest BCUT2D eigenvalue weighted by molar-refractivity contribution is -0.126. The zero-order valence-electron chi connectivity index (χ0n) is 20.9. The lowest BCUT2D eigenvalue weighted by Gasteiger charge is -2.30. The van der Waals surface area contributed by atoms with E-state index in [1.807, 2.05) is 63.2 Å². The first kappa shape index (κ1) is 24.7. The van der Waals surface area contributed by atoms with Crippen LogP contribution < -0.4 is 14.8 Å². The number of nitrogens with zero attached hydrogens (tertiary/aromatic N) is 3. The summed E-state index contributed by atoms with van der Waals surface area (Å²) in [4.78, 5) is 19.6. The van der Waals surface area contributed by atoms with E-state index in [1.165, 1.54) is 0 Å². The molecule has 4 rings (SSSR count). The molecule has 0 bridgehead atoms. The summed E-state index contributed by atoms with van der Waals surface area (Å²) in [6, 6.07) is 13.8. The molecule has 2 heterocycles. The van der Waals surface area contributed by atoms with Crippen LogP contribution in [0.4, 0.5) is 0 Å². The smallest absolute Gasteiger partial charge is 0.241 e. The van der Waals surface area contributed by atoms with Crippen LogP contribution in [0.1, 0.15) is 43.7 Å². The fourth-order valence-corrected chi connectivity index (χ4v) is 4.27. The zero-order valence-corrected chi connectivity index (χ0v) is 20.9. The quantitative estimate of drug-likeness (QED) is 0.488. The molecule has 8 nitrogen and oxygen atoms in total. The van der Waals surface area contributed by atoms with Crippen LogP contribution in [0.15, 0.2) is 47.0 Å². The van der Waals surface area contributed by atoms with E-state index in [-0.39, 0.29) is 17.9 Å². The molecule has 1 aromatic heterocycles. The molecule has 1 aliphatic rings. The van der Waals surface area contributed by atoms with E-state index in [4.69, 9.17) is 14.0 Å². The number of likely N-dealkylation sites (tertiary alicyclic amines) is 1. The van der Waals surface area contributed by atoms with Crippen LogP contribution in [0, 0.1) is 12.8 Å². The van der Waals surface area contributed by atoms with E-state index in [0.29, 0.717) is 36.3 Å². The van der Waals surface area contributed by atoms with Crippen molar-refractivity contribution in [3.63, 3.8) is 0 Å². The summed E-state index contributed by atoms with van der Waals surface area (Å²) in [6.07, 6.45) is 1.67. The van der Waals surface area contributed by atoms with Crippen molar-refractivity contribution in [1.82, 2.24) is 20.4 Å². The van der Waals surface area contributed by atoms with Gasteiger partial charge in [0.1, 0.15) is 0 Å². The van der Waals surface area contributed by atoms with E-state index in [9.17, 15) is 4.79 Å². The van der Waals surface area contributed by atoms with Crippen molar-refractivity contribution in [2.24, 2.45) is 5.92 Å². The zero-order chi connectivity index (χ0) is 24.8. The first-order chi connectivity index (χ1) is 16.9. The number of benzene rings is 2. The Bertz CT molecular complexity index is 1140. The van der Waals surface area contributed by atoms with Crippen LogP contribution in [0.5, 0.6) is 11.5 Å². The highest BCUT2D eigenvalue weighted by atomic mass is 16.5. The van der Waals surface area contributed by atoms with Gasteiger partial charge in [0.2, 0.25) is 17.6 Å². The number of carbonyl (C=O) groups is 1. The Labute approximate surface area is 206 Å². The average molecular weight is 479 g/mol. The molecule has 1 saturated heterocycles. The number of rotatable bonds is 9. The molecule has 0 atom stereocenters. The molecule has 2 aromatic carbocycles. The SMILES string of the molecule is COc1cc(CNC(=O)C2CCN(Cc3nc(-c4cccc(C)c4)no3)CC2)ccc1OC(C)C. The lowest BCUT2D eigenvalue weighted by Crippen LogP contribution is -2.40. The maximum absolute atomic E-state index is 12.8. The standard InChI is InChI=1S/C27H34N4O4/c1-18(2)34-23-9-8-20(15-24(23)33-4)16-28-27(32)21-10-12-31(13-11-21)17-25-29-26(30-35-25)22-7-5-6-19(3)14-22/h5-9,14-15,18,21H,10-13,16-17H2,1-4H3,(H,28,32). The minimum absolute atomic E-state index is 0.00207. The normalized spacial score (nSPS) is 14.8. The molecule has 1 aliphatic heterocycles.